The van der Waals surface area contributed by atoms with Crippen LogP contribution in [0.2, 0.25) is 0 Å². The maximum Gasteiger partial charge on any atom is 0.420 e. The van der Waals surface area contributed by atoms with Gasteiger partial charge in [-0.2, -0.15) is 4.31 Å². The predicted octanol–water partition coefficient (Wildman–Crippen LogP) is 6.58. The Morgan fingerprint density at radius 2 is 1.60 bits per heavy atom. The first-order valence-electron chi connectivity index (χ1n) is 17.1. The van der Waals surface area contributed by atoms with Crippen LogP contribution in [0.4, 0.5) is 19.3 Å². The first-order valence-corrected chi connectivity index (χ1v) is 19.4. The van der Waals surface area contributed by atoms with E-state index in [2.05, 4.69) is 4.98 Å². The lowest BCUT2D eigenvalue weighted by atomic mass is 9.81. The number of fused-ring (bicyclic) bond motifs is 1. The van der Waals surface area contributed by atoms with Crippen molar-refractivity contribution in [3.63, 3.8) is 0 Å². The summed E-state index contributed by atoms with van der Waals surface area (Å²) in [7, 11) is -3.12. The zero-order chi connectivity index (χ0) is 37.8. The van der Waals surface area contributed by atoms with Gasteiger partial charge in [0.05, 0.1) is 46.1 Å². The van der Waals surface area contributed by atoms with Crippen molar-refractivity contribution >= 4 is 49.3 Å². The number of methoxy groups -OCH3 is 1. The van der Waals surface area contributed by atoms with Crippen LogP contribution in [-0.2, 0) is 26.0 Å². The molecule has 4 aromatic carbocycles. The fourth-order valence-electron chi connectivity index (χ4n) is 6.95. The Bertz CT molecular complexity index is 2110. The van der Waals surface area contributed by atoms with Gasteiger partial charge in [-0.1, -0.05) is 78.9 Å². The minimum atomic E-state index is -4.27. The van der Waals surface area contributed by atoms with Crippen LogP contribution in [0.5, 0.6) is 0 Å². The number of aromatic nitrogens is 1. The van der Waals surface area contributed by atoms with Crippen LogP contribution < -0.4 is 10.6 Å². The van der Waals surface area contributed by atoms with Gasteiger partial charge in [0.15, 0.2) is 0 Å². The van der Waals surface area contributed by atoms with Gasteiger partial charge in [-0.15, -0.1) is 11.3 Å². The van der Waals surface area contributed by atoms with E-state index in [1.54, 1.807) is 35.8 Å². The van der Waals surface area contributed by atoms with Crippen molar-refractivity contribution in [2.45, 2.75) is 54.5 Å². The van der Waals surface area contributed by atoms with Gasteiger partial charge in [-0.25, -0.2) is 31.9 Å². The molecule has 2 amide bonds. The van der Waals surface area contributed by atoms with Gasteiger partial charge >= 0.3 is 6.09 Å². The number of ether oxygens (including phenoxy) is 1. The highest BCUT2D eigenvalue weighted by atomic mass is 32.2. The minimum Gasteiger partial charge on any atom is -0.452 e. The molecule has 14 heteroatoms. The average molecular weight is 763 g/mol. The molecule has 0 saturated heterocycles. The average Bonchev–Trinajstić information content (AvgIpc) is 3.63. The van der Waals surface area contributed by atoms with E-state index in [1.165, 1.54) is 23.5 Å². The highest BCUT2D eigenvalue weighted by Crippen LogP contribution is 2.44. The lowest BCUT2D eigenvalue weighted by Gasteiger charge is -2.40. The molecular formula is C39H40F2N4O6S2. The largest absolute Gasteiger partial charge is 0.452 e. The van der Waals surface area contributed by atoms with Gasteiger partial charge in [0, 0.05) is 31.3 Å². The van der Waals surface area contributed by atoms with Crippen LogP contribution in [-0.4, -0.2) is 73.1 Å². The molecule has 0 aliphatic heterocycles. The smallest absolute Gasteiger partial charge is 0.420 e. The summed E-state index contributed by atoms with van der Waals surface area (Å²) in [5.41, 5.74) is 11.2. The zero-order valence-electron chi connectivity index (χ0n) is 28.9. The lowest BCUT2D eigenvalue weighted by Crippen LogP contribution is -2.50. The number of hydrogen-bond donors (Lipinski definition) is 2. The number of carbonyl (C=O) groups is 2. The Labute approximate surface area is 310 Å². The number of carbonyl (C=O) groups excluding carboxylic acids is 2. The molecule has 0 radical (unpaired) electrons. The summed E-state index contributed by atoms with van der Waals surface area (Å²) in [5, 5.41) is 10.7. The van der Waals surface area contributed by atoms with Gasteiger partial charge in [0.1, 0.15) is 0 Å². The molecule has 5 aromatic rings. The maximum absolute atomic E-state index is 14.4. The molecule has 10 nitrogen and oxygen atoms in total. The van der Waals surface area contributed by atoms with Gasteiger partial charge in [-0.05, 0) is 59.7 Å². The van der Waals surface area contributed by atoms with Crippen LogP contribution in [0.25, 0.3) is 10.2 Å². The number of nitrogens with zero attached hydrogens (tertiary/aromatic N) is 3. The molecule has 1 aliphatic rings. The van der Waals surface area contributed by atoms with E-state index in [0.29, 0.717) is 15.8 Å². The summed E-state index contributed by atoms with van der Waals surface area (Å²) < 4.78 is 63.1. The number of imide groups is 1. The molecule has 1 saturated carbocycles. The number of benzene rings is 4. The molecule has 3 N–H and O–H groups in total. The topological polar surface area (TPSA) is 143 Å². The molecule has 2 atom stereocenters. The van der Waals surface area contributed by atoms with E-state index in [0.717, 1.165) is 27.4 Å². The second kappa shape index (κ2) is 16.2. The third-order valence-corrected chi connectivity index (χ3v) is 12.4. The molecule has 1 aromatic heterocycles. The third kappa shape index (κ3) is 8.31. The SMILES string of the molecule is COC(=O)N(C(=O)[C@@H](N)C(c1ccccc1)c1ccccc1)c1ccccc1CC[C@@H](CO)N(CC1CC(F)(F)C1)S(=O)(=O)c1ccc2ncsc2c1. The second-order valence-corrected chi connectivity index (χ2v) is 15.9. The van der Waals surface area contributed by atoms with Crippen molar-refractivity contribution in [3.8, 4) is 0 Å². The first-order chi connectivity index (χ1) is 25.4. The fraction of sp³-hybridized carbons (Fsp3) is 0.308. The predicted molar refractivity (Wildman–Crippen MR) is 199 cm³/mol. The number of anilines is 1. The van der Waals surface area contributed by atoms with Crippen molar-refractivity contribution < 1.29 is 36.6 Å². The molecule has 0 unspecified atom stereocenters. The van der Waals surface area contributed by atoms with Crippen molar-refractivity contribution in [2.75, 3.05) is 25.2 Å². The molecule has 1 heterocycles. The van der Waals surface area contributed by atoms with Crippen molar-refractivity contribution in [3.05, 3.63) is 125 Å². The van der Waals surface area contributed by atoms with Gasteiger partial charge in [-0.3, -0.25) is 4.79 Å². The lowest BCUT2D eigenvalue weighted by molar-refractivity contribution is -0.119. The minimum absolute atomic E-state index is 0.0323. The van der Waals surface area contributed by atoms with E-state index in [9.17, 15) is 31.9 Å². The molecule has 6 rings (SSSR count). The number of aliphatic hydroxyl groups excluding tert-OH is 1. The van der Waals surface area contributed by atoms with Crippen LogP contribution in [0.3, 0.4) is 0 Å². The molecule has 53 heavy (non-hydrogen) atoms. The van der Waals surface area contributed by atoms with Crippen LogP contribution in [0.15, 0.2) is 114 Å². The van der Waals surface area contributed by atoms with E-state index in [4.69, 9.17) is 10.5 Å². The Kier molecular flexibility index (Phi) is 11.6. The van der Waals surface area contributed by atoms with Crippen LogP contribution >= 0.6 is 11.3 Å². The van der Waals surface area contributed by atoms with Crippen LogP contribution in [0, 0.1) is 5.92 Å². The number of sulfonamides is 1. The van der Waals surface area contributed by atoms with Crippen molar-refractivity contribution in [2.24, 2.45) is 11.7 Å². The van der Waals surface area contributed by atoms with Gasteiger partial charge < -0.3 is 15.6 Å². The number of aliphatic hydroxyl groups is 1. The molecule has 1 fully saturated rings. The van der Waals surface area contributed by atoms with Crippen LogP contribution in [0.1, 0.15) is 41.9 Å². The summed E-state index contributed by atoms with van der Waals surface area (Å²) in [6.45, 7) is -0.818. The summed E-state index contributed by atoms with van der Waals surface area (Å²) in [6.07, 6.45) is -1.76. The molecule has 1 aliphatic carbocycles. The Hall–Kier alpha value is -4.60. The number of hydrogen-bond acceptors (Lipinski definition) is 9. The number of alkyl halides is 2. The highest BCUT2D eigenvalue weighted by Gasteiger charge is 2.47. The number of aryl methyl sites for hydroxylation is 1. The maximum atomic E-state index is 14.4. The number of nitrogens with two attached hydrogens (primary N) is 1. The Morgan fingerprint density at radius 1 is 0.981 bits per heavy atom. The summed E-state index contributed by atoms with van der Waals surface area (Å²) in [6, 6.07) is 27.3. The third-order valence-electron chi connectivity index (χ3n) is 9.66. The Balaban J connectivity index is 1.31. The van der Waals surface area contributed by atoms with E-state index >= 15 is 0 Å². The van der Waals surface area contributed by atoms with E-state index in [1.807, 2.05) is 60.7 Å². The molecular weight excluding hydrogens is 723 g/mol. The standard InChI is InChI=1S/C39H40F2N4O6S2/c1-51-38(48)45(37(47)36(42)35(28-11-4-2-5-12-28)29-13-6-3-7-14-29)33-15-9-8-10-27(33)16-17-30(24-46)44(23-26-21-39(40,41)22-26)53(49,50)31-18-19-32-34(20-31)52-25-43-32/h2-15,18-20,25-26,30,35-36,46H,16-17,21-24,42H2,1H3/t30-,36-/m0/s1. The monoisotopic (exact) mass is 762 g/mol. The van der Waals surface area contributed by atoms with E-state index < -0.39 is 71.3 Å². The second-order valence-electron chi connectivity index (χ2n) is 13.2. The fourth-order valence-corrected chi connectivity index (χ4v) is 9.49. The number of para-hydroxylation sites is 1. The summed E-state index contributed by atoms with van der Waals surface area (Å²) >= 11 is 1.27. The van der Waals surface area contributed by atoms with E-state index in [-0.39, 0.29) is 30.0 Å². The molecule has 0 bridgehead atoms. The number of amides is 2. The Morgan fingerprint density at radius 3 is 2.21 bits per heavy atom. The normalized spacial score (nSPS) is 15.6. The van der Waals surface area contributed by atoms with Crippen molar-refractivity contribution in [1.82, 2.24) is 9.29 Å². The number of halogens is 2. The first kappa shape index (κ1) is 38.1. The highest BCUT2D eigenvalue weighted by molar-refractivity contribution is 7.89. The molecule has 278 valence electrons. The van der Waals surface area contributed by atoms with Crippen molar-refractivity contribution in [1.29, 1.82) is 0 Å². The number of thiazole rings is 1. The van der Waals surface area contributed by atoms with Gasteiger partial charge in [0.25, 0.3) is 5.91 Å². The molecule has 0 spiro atoms. The summed E-state index contributed by atoms with van der Waals surface area (Å²) in [5.74, 6) is -4.83. The van der Waals surface area contributed by atoms with Gasteiger partial charge in [0.2, 0.25) is 15.9 Å². The number of rotatable bonds is 14. The summed E-state index contributed by atoms with van der Waals surface area (Å²) in [4.78, 5) is 32.9. The zero-order valence-corrected chi connectivity index (χ0v) is 30.6. The quantitative estimate of drug-likeness (QED) is 0.129.